The zero-order chi connectivity index (χ0) is 15.7. The van der Waals surface area contributed by atoms with Crippen molar-refractivity contribution in [2.45, 2.75) is 44.8 Å². The van der Waals surface area contributed by atoms with E-state index in [2.05, 4.69) is 41.4 Å². The van der Waals surface area contributed by atoms with Crippen LogP contribution in [0.4, 0.5) is 13.2 Å². The maximum atomic E-state index is 12.4. The van der Waals surface area contributed by atoms with Gasteiger partial charge in [0.2, 0.25) is 0 Å². The van der Waals surface area contributed by atoms with Crippen LogP contribution >= 0.6 is 0 Å². The molecule has 2 unspecified atom stereocenters. The number of alkyl halides is 3. The number of hydrogen-bond donors (Lipinski definition) is 1. The second-order valence-electron chi connectivity index (χ2n) is 6.41. The van der Waals surface area contributed by atoms with Crippen LogP contribution in [-0.4, -0.2) is 25.3 Å². The molecule has 6 heteroatoms. The van der Waals surface area contributed by atoms with Crippen LogP contribution in [0.3, 0.4) is 0 Å². The molecule has 21 heavy (non-hydrogen) atoms. The lowest BCUT2D eigenvalue weighted by Crippen LogP contribution is -2.23. The first-order chi connectivity index (χ1) is 9.65. The summed E-state index contributed by atoms with van der Waals surface area (Å²) in [5, 5.41) is 2.89. The summed E-state index contributed by atoms with van der Waals surface area (Å²) < 4.78 is 37.1. The minimum atomic E-state index is -4.08. The highest BCUT2D eigenvalue weighted by atomic mass is 28.3. The second kappa shape index (κ2) is 5.82. The van der Waals surface area contributed by atoms with Crippen molar-refractivity contribution < 1.29 is 13.2 Å². The molecular formula is C15H19F3N2Si. The summed E-state index contributed by atoms with van der Waals surface area (Å²) in [7, 11) is -1.41. The van der Waals surface area contributed by atoms with Crippen molar-refractivity contribution >= 4 is 8.07 Å². The topological polar surface area (TPSA) is 24.9 Å². The summed E-state index contributed by atoms with van der Waals surface area (Å²) in [6.45, 7) is 6.86. The summed E-state index contributed by atoms with van der Waals surface area (Å²) in [4.78, 5) is 4.24. The van der Waals surface area contributed by atoms with E-state index in [1.54, 1.807) is 6.20 Å². The van der Waals surface area contributed by atoms with E-state index in [0.717, 1.165) is 11.3 Å². The maximum Gasteiger partial charge on any atom is 0.393 e. The first kappa shape index (κ1) is 16.1. The molecule has 2 nitrogen and oxygen atoms in total. The summed E-state index contributed by atoms with van der Waals surface area (Å²) in [6, 6.07) is 3.22. The number of pyridine rings is 1. The minimum Gasteiger partial charge on any atom is -0.308 e. The Morgan fingerprint density at radius 1 is 1.33 bits per heavy atom. The maximum absolute atomic E-state index is 12.4. The van der Waals surface area contributed by atoms with Crippen LogP contribution in [0.25, 0.3) is 0 Å². The van der Waals surface area contributed by atoms with Crippen LogP contribution in [0.2, 0.25) is 19.6 Å². The third-order valence-electron chi connectivity index (χ3n) is 3.16. The van der Waals surface area contributed by atoms with Crippen molar-refractivity contribution in [3.8, 4) is 11.5 Å². The molecule has 1 aromatic rings. The molecule has 0 radical (unpaired) electrons. The third-order valence-corrected chi connectivity index (χ3v) is 4.04. The highest BCUT2D eigenvalue weighted by Crippen LogP contribution is 2.44. The molecule has 0 aliphatic heterocycles. The van der Waals surface area contributed by atoms with Crippen LogP contribution in [0.15, 0.2) is 18.3 Å². The summed E-state index contributed by atoms with van der Waals surface area (Å²) >= 11 is 0. The van der Waals surface area contributed by atoms with Gasteiger partial charge in [-0.15, -0.1) is 5.54 Å². The summed E-state index contributed by atoms with van der Waals surface area (Å²) in [5.41, 5.74) is 4.83. The molecule has 1 saturated carbocycles. The lowest BCUT2D eigenvalue weighted by molar-refractivity contribution is -0.149. The van der Waals surface area contributed by atoms with Crippen LogP contribution in [0.5, 0.6) is 0 Å². The zero-order valence-electron chi connectivity index (χ0n) is 12.4. The minimum absolute atomic E-state index is 0.170. The van der Waals surface area contributed by atoms with E-state index in [1.807, 2.05) is 12.1 Å². The quantitative estimate of drug-likeness (QED) is 0.684. The lowest BCUT2D eigenvalue weighted by Gasteiger charge is -2.07. The molecule has 0 bridgehead atoms. The average Bonchev–Trinajstić information content (AvgIpc) is 3.13. The van der Waals surface area contributed by atoms with Gasteiger partial charge in [0.15, 0.2) is 0 Å². The van der Waals surface area contributed by atoms with Crippen molar-refractivity contribution in [1.82, 2.24) is 10.3 Å². The number of nitrogens with one attached hydrogen (secondary N) is 1. The predicted octanol–water partition coefficient (Wildman–Crippen LogP) is 3.35. The Balaban J connectivity index is 1.85. The Labute approximate surface area is 124 Å². The van der Waals surface area contributed by atoms with Crippen LogP contribution < -0.4 is 5.32 Å². The van der Waals surface area contributed by atoms with Gasteiger partial charge in [0.1, 0.15) is 8.07 Å². The molecule has 114 valence electrons. The van der Waals surface area contributed by atoms with E-state index in [0.29, 0.717) is 6.54 Å². The molecule has 1 aliphatic carbocycles. The Bertz CT molecular complexity index is 550. The zero-order valence-corrected chi connectivity index (χ0v) is 13.4. The average molecular weight is 312 g/mol. The van der Waals surface area contributed by atoms with E-state index in [-0.39, 0.29) is 6.42 Å². The molecule has 2 rings (SSSR count). The number of halogens is 3. The molecule has 0 spiro atoms. The first-order valence-electron chi connectivity index (χ1n) is 6.93. The van der Waals surface area contributed by atoms with Gasteiger partial charge in [-0.1, -0.05) is 25.6 Å². The largest absolute Gasteiger partial charge is 0.393 e. The molecule has 0 saturated heterocycles. The van der Waals surface area contributed by atoms with Gasteiger partial charge < -0.3 is 5.32 Å². The van der Waals surface area contributed by atoms with Crippen molar-refractivity contribution in [2.75, 3.05) is 0 Å². The van der Waals surface area contributed by atoms with Gasteiger partial charge in [-0.05, 0) is 18.6 Å². The van der Waals surface area contributed by atoms with E-state index in [1.165, 1.54) is 0 Å². The SMILES string of the molecule is C[Si](C)(C)C#Cc1ccc(CNC2CC2C(F)(F)F)nc1. The Kier molecular flexibility index (Phi) is 4.45. The molecule has 1 aromatic heterocycles. The van der Waals surface area contributed by atoms with Gasteiger partial charge in [-0.25, -0.2) is 0 Å². The molecule has 1 heterocycles. The van der Waals surface area contributed by atoms with Crippen molar-refractivity contribution in [1.29, 1.82) is 0 Å². The summed E-state index contributed by atoms with van der Waals surface area (Å²) in [5.74, 6) is 1.90. The van der Waals surface area contributed by atoms with E-state index in [4.69, 9.17) is 0 Å². The van der Waals surface area contributed by atoms with Crippen LogP contribution in [0, 0.1) is 17.4 Å². The standard InChI is InChI=1S/C15H19F3N2Si/c1-21(2,3)7-6-11-4-5-12(19-9-11)10-20-14-8-13(14)15(16,17)18/h4-5,9,13-14,20H,8,10H2,1-3H3. The van der Waals surface area contributed by atoms with Gasteiger partial charge in [-0.2, -0.15) is 13.2 Å². The van der Waals surface area contributed by atoms with Gasteiger partial charge in [0.25, 0.3) is 0 Å². The molecule has 1 fully saturated rings. The number of aromatic nitrogens is 1. The van der Waals surface area contributed by atoms with Gasteiger partial charge in [-0.3, -0.25) is 4.98 Å². The normalized spacial score (nSPS) is 21.6. The van der Waals surface area contributed by atoms with Gasteiger partial charge >= 0.3 is 6.18 Å². The molecule has 2 atom stereocenters. The molecule has 1 aliphatic rings. The number of nitrogens with zero attached hydrogens (tertiary/aromatic N) is 1. The fourth-order valence-corrected chi connectivity index (χ4v) is 2.40. The highest BCUT2D eigenvalue weighted by Gasteiger charge is 2.55. The smallest absolute Gasteiger partial charge is 0.308 e. The van der Waals surface area contributed by atoms with Crippen molar-refractivity contribution in [2.24, 2.45) is 5.92 Å². The molecule has 0 aromatic carbocycles. The summed E-state index contributed by atoms with van der Waals surface area (Å²) in [6.07, 6.45) is -2.23. The fraction of sp³-hybridized carbons (Fsp3) is 0.533. The van der Waals surface area contributed by atoms with Crippen molar-refractivity contribution in [3.05, 3.63) is 29.6 Å². The molecular weight excluding hydrogens is 293 g/mol. The Hall–Kier alpha value is -1.32. The monoisotopic (exact) mass is 312 g/mol. The van der Waals surface area contributed by atoms with Crippen molar-refractivity contribution in [3.63, 3.8) is 0 Å². The molecule has 0 amide bonds. The third kappa shape index (κ3) is 5.18. The Morgan fingerprint density at radius 2 is 2.05 bits per heavy atom. The first-order valence-corrected chi connectivity index (χ1v) is 10.4. The number of rotatable bonds is 3. The Morgan fingerprint density at radius 3 is 2.52 bits per heavy atom. The predicted molar refractivity (Wildman–Crippen MR) is 79.3 cm³/mol. The molecule has 1 N–H and O–H groups in total. The fourth-order valence-electron chi connectivity index (χ4n) is 1.88. The highest BCUT2D eigenvalue weighted by molar-refractivity contribution is 6.83. The second-order valence-corrected chi connectivity index (χ2v) is 11.2. The van der Waals surface area contributed by atoms with E-state index >= 15 is 0 Å². The van der Waals surface area contributed by atoms with Gasteiger partial charge in [0.05, 0.1) is 11.6 Å². The van der Waals surface area contributed by atoms with E-state index < -0.39 is 26.2 Å². The van der Waals surface area contributed by atoms with Crippen LogP contribution in [0.1, 0.15) is 17.7 Å². The lowest BCUT2D eigenvalue weighted by atomic mass is 10.2. The van der Waals surface area contributed by atoms with Gasteiger partial charge in [0, 0.05) is 24.3 Å². The van der Waals surface area contributed by atoms with Crippen LogP contribution in [-0.2, 0) is 6.54 Å². The van der Waals surface area contributed by atoms with E-state index in [9.17, 15) is 13.2 Å². The number of hydrogen-bond acceptors (Lipinski definition) is 2.